The number of urea groups is 1. The summed E-state index contributed by atoms with van der Waals surface area (Å²) in [6, 6.07) is 0.244. The summed E-state index contributed by atoms with van der Waals surface area (Å²) < 4.78 is 57.6. The third-order valence-corrected chi connectivity index (χ3v) is 10.7. The Morgan fingerprint density at radius 2 is 1.54 bits per heavy atom. The number of hydrogen-bond donors (Lipinski definition) is 4. The van der Waals surface area contributed by atoms with Gasteiger partial charge in [-0.15, -0.1) is 0 Å². The molecule has 0 aromatic heterocycles. The Balaban J connectivity index is 1.52. The van der Waals surface area contributed by atoms with Crippen molar-refractivity contribution in [1.29, 1.82) is 0 Å². The fraction of sp³-hybridized carbons (Fsp3) is 0.935. The Morgan fingerprint density at radius 1 is 0.917 bits per heavy atom. The highest BCUT2D eigenvalue weighted by molar-refractivity contribution is 8.00. The molecule has 2 aliphatic heterocycles. The van der Waals surface area contributed by atoms with Crippen LogP contribution in [-0.2, 0) is 46.8 Å². The predicted octanol–water partition coefficient (Wildman–Crippen LogP) is 2.87. The van der Waals surface area contributed by atoms with E-state index in [1.54, 1.807) is 7.11 Å². The van der Waals surface area contributed by atoms with Gasteiger partial charge in [-0.3, -0.25) is 13.8 Å². The van der Waals surface area contributed by atoms with Crippen molar-refractivity contribution in [3.8, 4) is 0 Å². The second-order valence-corrected chi connectivity index (χ2v) is 15.4. The summed E-state index contributed by atoms with van der Waals surface area (Å²) in [5.74, 6) is 0.904. The standard InChI is InChI=1S/C31H61N4O11PS/c1-6-40-16-17-42-20-21-44-23-22-43-19-18-41-15-13-33-47(38,46-31(2,3)4)45-14-11-25(39-5)10-12-32-28(36)9-7-8-27-29-26(24-48-27)34-30(37)35-29/h25-27,29H,6-24H2,1-5H3,(H,32,36)(H,33,38)(H2,34,35,37). The summed E-state index contributed by atoms with van der Waals surface area (Å²) in [6.45, 7) is 13.2. The van der Waals surface area contributed by atoms with Crippen molar-refractivity contribution in [3.05, 3.63) is 0 Å². The van der Waals surface area contributed by atoms with Crippen LogP contribution in [0.4, 0.5) is 4.79 Å². The van der Waals surface area contributed by atoms with Gasteiger partial charge >= 0.3 is 13.8 Å². The van der Waals surface area contributed by atoms with E-state index in [9.17, 15) is 14.2 Å². The van der Waals surface area contributed by atoms with Gasteiger partial charge < -0.3 is 44.4 Å². The highest BCUT2D eigenvalue weighted by atomic mass is 32.2. The Bertz CT molecular complexity index is 933. The summed E-state index contributed by atoms with van der Waals surface area (Å²) >= 11 is 1.85. The van der Waals surface area contributed by atoms with Crippen LogP contribution in [0.1, 0.15) is 59.8 Å². The minimum atomic E-state index is -3.62. The van der Waals surface area contributed by atoms with E-state index in [0.29, 0.717) is 97.1 Å². The van der Waals surface area contributed by atoms with Gasteiger partial charge in [0.1, 0.15) is 0 Å². The van der Waals surface area contributed by atoms with Crippen LogP contribution in [0.5, 0.6) is 0 Å². The van der Waals surface area contributed by atoms with E-state index in [2.05, 4.69) is 21.0 Å². The zero-order valence-electron chi connectivity index (χ0n) is 29.6. The van der Waals surface area contributed by atoms with E-state index in [4.69, 9.17) is 37.5 Å². The molecule has 0 radical (unpaired) electrons. The number of carbonyl (C=O) groups excluding carboxylic acids is 2. The number of amides is 3. The van der Waals surface area contributed by atoms with Gasteiger partial charge in [0.2, 0.25) is 5.91 Å². The van der Waals surface area contributed by atoms with E-state index in [1.807, 2.05) is 39.5 Å². The maximum absolute atomic E-state index is 13.4. The topological polar surface area (TPSA) is 173 Å². The maximum Gasteiger partial charge on any atom is 0.406 e. The molecule has 0 aliphatic carbocycles. The van der Waals surface area contributed by atoms with Crippen LogP contribution in [0.25, 0.3) is 0 Å². The molecule has 5 unspecified atom stereocenters. The molecule has 282 valence electrons. The minimum absolute atomic E-state index is 0.00445. The van der Waals surface area contributed by atoms with E-state index in [0.717, 1.165) is 18.6 Å². The molecular weight excluding hydrogens is 667 g/mol. The zero-order valence-corrected chi connectivity index (χ0v) is 31.3. The normalized spacial score (nSPS) is 21.0. The van der Waals surface area contributed by atoms with Gasteiger partial charge in [0.15, 0.2) is 0 Å². The Kier molecular flexibility index (Phi) is 22.5. The molecule has 2 saturated heterocycles. The van der Waals surface area contributed by atoms with Gasteiger partial charge in [0.05, 0.1) is 89.9 Å². The lowest BCUT2D eigenvalue weighted by atomic mass is 10.0. The van der Waals surface area contributed by atoms with Crippen molar-refractivity contribution < 1.29 is 51.6 Å². The Labute approximate surface area is 291 Å². The number of methoxy groups -OCH3 is 1. The lowest BCUT2D eigenvalue weighted by molar-refractivity contribution is -0.121. The van der Waals surface area contributed by atoms with Crippen molar-refractivity contribution in [3.63, 3.8) is 0 Å². The summed E-state index contributed by atoms with van der Waals surface area (Å²) in [7, 11) is -2.01. The minimum Gasteiger partial charge on any atom is -0.381 e. The van der Waals surface area contributed by atoms with E-state index < -0.39 is 13.3 Å². The number of fused-ring (bicyclic) bond motifs is 1. The summed E-state index contributed by atoms with van der Waals surface area (Å²) in [4.78, 5) is 23.9. The molecule has 2 aliphatic rings. The predicted molar refractivity (Wildman–Crippen MR) is 185 cm³/mol. The lowest BCUT2D eigenvalue weighted by Gasteiger charge is -2.27. The quantitative estimate of drug-likeness (QED) is 0.0484. The van der Waals surface area contributed by atoms with Crippen LogP contribution < -0.4 is 21.0 Å². The first-order valence-corrected chi connectivity index (χ1v) is 19.7. The third-order valence-electron chi connectivity index (χ3n) is 7.29. The molecule has 2 fully saturated rings. The van der Waals surface area contributed by atoms with Crippen molar-refractivity contribution in [2.75, 3.05) is 98.6 Å². The molecule has 2 heterocycles. The first-order valence-electron chi connectivity index (χ1n) is 17.1. The van der Waals surface area contributed by atoms with Crippen molar-refractivity contribution in [2.45, 2.75) is 88.8 Å². The van der Waals surface area contributed by atoms with Crippen LogP contribution in [0.15, 0.2) is 0 Å². The molecule has 5 atom stereocenters. The Morgan fingerprint density at radius 3 is 2.15 bits per heavy atom. The molecule has 2 rings (SSSR count). The fourth-order valence-corrected chi connectivity index (χ4v) is 8.18. The largest absolute Gasteiger partial charge is 0.406 e. The van der Waals surface area contributed by atoms with E-state index >= 15 is 0 Å². The number of ether oxygens (including phenoxy) is 6. The van der Waals surface area contributed by atoms with Crippen LogP contribution in [-0.4, -0.2) is 140 Å². The molecule has 48 heavy (non-hydrogen) atoms. The van der Waals surface area contributed by atoms with Gasteiger partial charge in [-0.1, -0.05) is 0 Å². The molecule has 15 nitrogen and oxygen atoms in total. The number of carbonyl (C=O) groups is 2. The molecule has 0 spiro atoms. The highest BCUT2D eigenvalue weighted by Gasteiger charge is 2.42. The maximum atomic E-state index is 13.4. The summed E-state index contributed by atoms with van der Waals surface area (Å²) in [5.41, 5.74) is -0.695. The summed E-state index contributed by atoms with van der Waals surface area (Å²) in [6.07, 6.45) is 2.97. The fourth-order valence-electron chi connectivity index (χ4n) is 5.00. The van der Waals surface area contributed by atoms with Crippen LogP contribution in [0, 0.1) is 0 Å². The number of thioether (sulfide) groups is 1. The molecular formula is C31H61N4O11PS. The first-order chi connectivity index (χ1) is 23.0. The van der Waals surface area contributed by atoms with Crippen LogP contribution in [0.2, 0.25) is 0 Å². The van der Waals surface area contributed by atoms with Crippen molar-refractivity contribution in [1.82, 2.24) is 21.0 Å². The second kappa shape index (κ2) is 25.0. The molecule has 0 bridgehead atoms. The molecule has 17 heteroatoms. The summed E-state index contributed by atoms with van der Waals surface area (Å²) in [5, 5.41) is 12.1. The van der Waals surface area contributed by atoms with Crippen LogP contribution in [0.3, 0.4) is 0 Å². The highest BCUT2D eigenvalue weighted by Crippen LogP contribution is 2.47. The van der Waals surface area contributed by atoms with E-state index in [1.165, 1.54) is 0 Å². The SMILES string of the molecule is CCOCCOCCOCCOCCOCCNP(=O)(OCCC(CCNC(=O)CCCC1SCC2NC(=O)NC21)OC)OC(C)(C)C. The Hall–Kier alpha value is -1.04. The molecule has 3 amide bonds. The van der Waals surface area contributed by atoms with Crippen molar-refractivity contribution in [2.24, 2.45) is 0 Å². The smallest absolute Gasteiger partial charge is 0.381 e. The number of hydrogen-bond acceptors (Lipinski definition) is 12. The van der Waals surface area contributed by atoms with Crippen LogP contribution >= 0.6 is 19.5 Å². The van der Waals surface area contributed by atoms with Gasteiger partial charge in [-0.2, -0.15) is 11.8 Å². The molecule has 0 aromatic carbocycles. The van der Waals surface area contributed by atoms with Crippen molar-refractivity contribution >= 4 is 31.4 Å². The average molecular weight is 729 g/mol. The molecule has 0 saturated carbocycles. The lowest BCUT2D eigenvalue weighted by Crippen LogP contribution is -2.37. The monoisotopic (exact) mass is 728 g/mol. The average Bonchev–Trinajstić information content (AvgIpc) is 3.58. The number of nitrogens with one attached hydrogen (secondary N) is 4. The van der Waals surface area contributed by atoms with Gasteiger partial charge in [-0.05, 0) is 53.4 Å². The van der Waals surface area contributed by atoms with E-state index in [-0.39, 0.29) is 43.3 Å². The second-order valence-electron chi connectivity index (χ2n) is 12.4. The first kappa shape index (κ1) is 43.1. The third kappa shape index (κ3) is 20.0. The molecule has 4 N–H and O–H groups in total. The van der Waals surface area contributed by atoms with Gasteiger partial charge in [-0.25, -0.2) is 14.4 Å². The zero-order chi connectivity index (χ0) is 35.1. The van der Waals surface area contributed by atoms with Gasteiger partial charge in [0.25, 0.3) is 0 Å². The van der Waals surface area contributed by atoms with Gasteiger partial charge in [0, 0.05) is 44.2 Å². The number of rotatable bonds is 30. The molecule has 0 aromatic rings.